The van der Waals surface area contributed by atoms with Crippen molar-refractivity contribution in [3.63, 3.8) is 0 Å². The van der Waals surface area contributed by atoms with E-state index in [4.69, 9.17) is 5.73 Å². The summed E-state index contributed by atoms with van der Waals surface area (Å²) in [4.78, 5) is 4.11. The molecule has 0 bridgehead atoms. The Morgan fingerprint density at radius 3 is 2.88 bits per heavy atom. The number of nitrogens with two attached hydrogens (primary N) is 1. The highest BCUT2D eigenvalue weighted by molar-refractivity contribution is 9.10. The fraction of sp³-hybridized carbons (Fsp3) is 0.154. The lowest BCUT2D eigenvalue weighted by atomic mass is 10.1. The highest BCUT2D eigenvalue weighted by atomic mass is 79.9. The van der Waals surface area contributed by atoms with Gasteiger partial charge in [0.05, 0.1) is 17.4 Å². The molecule has 1 unspecified atom stereocenters. The first-order valence-corrected chi connectivity index (χ1v) is 6.17. The van der Waals surface area contributed by atoms with E-state index in [1.807, 2.05) is 36.5 Å². The number of aromatic nitrogens is 1. The summed E-state index contributed by atoms with van der Waals surface area (Å²) < 4.78 is 1.01. The van der Waals surface area contributed by atoms with Crippen molar-refractivity contribution >= 4 is 27.3 Å². The van der Waals surface area contributed by atoms with Gasteiger partial charge in [-0.15, -0.1) is 0 Å². The second kappa shape index (κ2) is 5.19. The molecule has 0 radical (unpaired) electrons. The van der Waals surface area contributed by atoms with Gasteiger partial charge in [0.1, 0.15) is 0 Å². The largest absolute Gasteiger partial charge is 0.397 e. The smallest absolute Gasteiger partial charge is 0.0589 e. The Bertz CT molecular complexity index is 499. The molecule has 0 aliphatic rings. The molecule has 0 amide bonds. The van der Waals surface area contributed by atoms with Crippen LogP contribution in [0.4, 0.5) is 11.4 Å². The number of hydrogen-bond donors (Lipinski definition) is 2. The highest BCUT2D eigenvalue weighted by Gasteiger charge is 2.07. The quantitative estimate of drug-likeness (QED) is 0.850. The number of halogens is 1. The minimum Gasteiger partial charge on any atom is -0.397 e. The molecule has 88 valence electrons. The maximum atomic E-state index is 5.92. The van der Waals surface area contributed by atoms with Crippen molar-refractivity contribution in [2.75, 3.05) is 11.1 Å². The van der Waals surface area contributed by atoms with Crippen molar-refractivity contribution in [3.8, 4) is 0 Å². The van der Waals surface area contributed by atoms with E-state index in [0.29, 0.717) is 0 Å². The number of hydrogen-bond acceptors (Lipinski definition) is 3. The second-order valence-electron chi connectivity index (χ2n) is 3.88. The third-order valence-corrected chi connectivity index (χ3v) is 3.07. The van der Waals surface area contributed by atoms with Crippen LogP contribution in [-0.2, 0) is 0 Å². The Labute approximate surface area is 109 Å². The van der Waals surface area contributed by atoms with E-state index in [1.54, 1.807) is 6.20 Å². The van der Waals surface area contributed by atoms with Gasteiger partial charge in [-0.1, -0.05) is 22.0 Å². The SMILES string of the molecule is CC(Nc1cc(Br)ccc1N)c1cccnc1. The van der Waals surface area contributed by atoms with E-state index in [9.17, 15) is 0 Å². The normalized spacial score (nSPS) is 12.1. The summed E-state index contributed by atoms with van der Waals surface area (Å²) in [6, 6.07) is 9.91. The molecule has 0 fully saturated rings. The molecule has 1 aromatic heterocycles. The van der Waals surface area contributed by atoms with E-state index < -0.39 is 0 Å². The fourth-order valence-corrected chi connectivity index (χ4v) is 1.96. The van der Waals surface area contributed by atoms with Crippen LogP contribution in [0.15, 0.2) is 47.2 Å². The molecule has 2 aromatic rings. The molecule has 0 aliphatic heterocycles. The lowest BCUT2D eigenvalue weighted by Crippen LogP contribution is -2.08. The van der Waals surface area contributed by atoms with E-state index in [2.05, 4.69) is 33.2 Å². The van der Waals surface area contributed by atoms with Gasteiger partial charge >= 0.3 is 0 Å². The number of nitrogen functional groups attached to an aromatic ring is 1. The van der Waals surface area contributed by atoms with Crippen LogP contribution in [0.25, 0.3) is 0 Å². The Kier molecular flexibility index (Phi) is 3.64. The highest BCUT2D eigenvalue weighted by Crippen LogP contribution is 2.27. The van der Waals surface area contributed by atoms with Gasteiger partial charge in [0.15, 0.2) is 0 Å². The second-order valence-corrected chi connectivity index (χ2v) is 4.80. The first-order chi connectivity index (χ1) is 8.16. The van der Waals surface area contributed by atoms with Gasteiger partial charge in [-0.05, 0) is 36.8 Å². The van der Waals surface area contributed by atoms with Crippen molar-refractivity contribution in [1.29, 1.82) is 0 Å². The monoisotopic (exact) mass is 291 g/mol. The molecular formula is C13H14BrN3. The lowest BCUT2D eigenvalue weighted by Gasteiger charge is -2.17. The molecule has 0 saturated carbocycles. The number of rotatable bonds is 3. The van der Waals surface area contributed by atoms with Gasteiger partial charge in [-0.3, -0.25) is 4.98 Å². The maximum Gasteiger partial charge on any atom is 0.0589 e. The zero-order valence-corrected chi connectivity index (χ0v) is 11.1. The molecule has 3 nitrogen and oxygen atoms in total. The predicted octanol–water partition coefficient (Wildman–Crippen LogP) is 3.60. The number of pyridine rings is 1. The molecular weight excluding hydrogens is 278 g/mol. The molecule has 0 spiro atoms. The van der Waals surface area contributed by atoms with Crippen LogP contribution >= 0.6 is 15.9 Å². The van der Waals surface area contributed by atoms with Gasteiger partial charge in [-0.25, -0.2) is 0 Å². The molecule has 0 aliphatic carbocycles. The van der Waals surface area contributed by atoms with Gasteiger partial charge < -0.3 is 11.1 Å². The number of benzene rings is 1. The fourth-order valence-electron chi connectivity index (χ4n) is 1.60. The zero-order valence-electron chi connectivity index (χ0n) is 9.52. The Morgan fingerprint density at radius 2 is 2.18 bits per heavy atom. The summed E-state index contributed by atoms with van der Waals surface area (Å²) in [7, 11) is 0. The zero-order chi connectivity index (χ0) is 12.3. The van der Waals surface area contributed by atoms with Crippen LogP contribution in [-0.4, -0.2) is 4.98 Å². The lowest BCUT2D eigenvalue weighted by molar-refractivity contribution is 0.876. The summed E-state index contributed by atoms with van der Waals surface area (Å²) in [5, 5.41) is 3.37. The van der Waals surface area contributed by atoms with Crippen molar-refractivity contribution in [2.24, 2.45) is 0 Å². The minimum absolute atomic E-state index is 0.167. The molecule has 3 N–H and O–H groups in total. The molecule has 1 heterocycles. The van der Waals surface area contributed by atoms with Crippen molar-refractivity contribution < 1.29 is 0 Å². The van der Waals surface area contributed by atoms with E-state index >= 15 is 0 Å². The van der Waals surface area contributed by atoms with Gasteiger partial charge in [0, 0.05) is 16.9 Å². The summed E-state index contributed by atoms with van der Waals surface area (Å²) >= 11 is 3.43. The molecule has 4 heteroatoms. The van der Waals surface area contributed by atoms with E-state index in [-0.39, 0.29) is 6.04 Å². The molecule has 17 heavy (non-hydrogen) atoms. The van der Waals surface area contributed by atoms with Gasteiger partial charge in [-0.2, -0.15) is 0 Å². The van der Waals surface area contributed by atoms with Crippen LogP contribution in [0.5, 0.6) is 0 Å². The molecule has 0 saturated heterocycles. The number of anilines is 2. The van der Waals surface area contributed by atoms with Crippen LogP contribution in [0.1, 0.15) is 18.5 Å². The van der Waals surface area contributed by atoms with E-state index in [1.165, 1.54) is 0 Å². The van der Waals surface area contributed by atoms with Crippen LogP contribution < -0.4 is 11.1 Å². The summed E-state index contributed by atoms with van der Waals surface area (Å²) in [6.45, 7) is 2.08. The van der Waals surface area contributed by atoms with Gasteiger partial charge in [0.25, 0.3) is 0 Å². The summed E-state index contributed by atoms with van der Waals surface area (Å²) in [6.07, 6.45) is 3.62. The van der Waals surface area contributed by atoms with E-state index in [0.717, 1.165) is 21.4 Å². The van der Waals surface area contributed by atoms with Crippen molar-refractivity contribution in [1.82, 2.24) is 4.98 Å². The average molecular weight is 292 g/mol. The number of nitrogens with one attached hydrogen (secondary N) is 1. The summed E-state index contributed by atoms with van der Waals surface area (Å²) in [5.74, 6) is 0. The summed E-state index contributed by atoms with van der Waals surface area (Å²) in [5.41, 5.74) is 8.71. The third kappa shape index (κ3) is 2.97. The standard InChI is InChI=1S/C13H14BrN3/c1-9(10-3-2-6-16-8-10)17-13-7-11(14)4-5-12(13)15/h2-9,17H,15H2,1H3. The van der Waals surface area contributed by atoms with Gasteiger partial charge in [0.2, 0.25) is 0 Å². The first kappa shape index (κ1) is 11.9. The molecule has 1 aromatic carbocycles. The van der Waals surface area contributed by atoms with Crippen molar-refractivity contribution in [2.45, 2.75) is 13.0 Å². The Morgan fingerprint density at radius 1 is 1.35 bits per heavy atom. The Hall–Kier alpha value is -1.55. The minimum atomic E-state index is 0.167. The molecule has 1 atom stereocenters. The Balaban J connectivity index is 2.18. The third-order valence-electron chi connectivity index (χ3n) is 2.57. The molecule has 2 rings (SSSR count). The van der Waals surface area contributed by atoms with Crippen LogP contribution in [0.2, 0.25) is 0 Å². The van der Waals surface area contributed by atoms with Crippen LogP contribution in [0, 0.1) is 0 Å². The first-order valence-electron chi connectivity index (χ1n) is 5.38. The maximum absolute atomic E-state index is 5.92. The average Bonchev–Trinajstić information content (AvgIpc) is 2.35. The van der Waals surface area contributed by atoms with Crippen molar-refractivity contribution in [3.05, 3.63) is 52.8 Å². The predicted molar refractivity (Wildman–Crippen MR) is 74.8 cm³/mol. The van der Waals surface area contributed by atoms with Crippen LogP contribution in [0.3, 0.4) is 0 Å². The number of nitrogens with zero attached hydrogens (tertiary/aromatic N) is 1. The topological polar surface area (TPSA) is 50.9 Å².